The van der Waals surface area contributed by atoms with E-state index >= 15 is 0 Å². The van der Waals surface area contributed by atoms with E-state index in [2.05, 4.69) is 11.7 Å². The van der Waals surface area contributed by atoms with Crippen molar-refractivity contribution >= 4 is 35.4 Å². The Morgan fingerprint density at radius 2 is 1.96 bits per heavy atom. The van der Waals surface area contributed by atoms with Gasteiger partial charge in [0.1, 0.15) is 11.4 Å². The molecule has 1 amide bonds. The van der Waals surface area contributed by atoms with Crippen LogP contribution in [0.15, 0.2) is 21.6 Å². The van der Waals surface area contributed by atoms with Crippen molar-refractivity contribution in [2.75, 3.05) is 40.5 Å². The van der Waals surface area contributed by atoms with Gasteiger partial charge in [0.2, 0.25) is 0 Å². The molecular formula is C19H22N2O5. The van der Waals surface area contributed by atoms with Crippen molar-refractivity contribution in [3.63, 3.8) is 0 Å². The first-order valence-electron chi connectivity index (χ1n) is 8.34. The van der Waals surface area contributed by atoms with Crippen molar-refractivity contribution in [1.29, 1.82) is 0 Å². The molecule has 1 aliphatic heterocycles. The first-order valence-corrected chi connectivity index (χ1v) is 8.34. The summed E-state index contributed by atoms with van der Waals surface area (Å²) in [5, 5.41) is 0.654. The molecule has 2 heterocycles. The van der Waals surface area contributed by atoms with Gasteiger partial charge in [0.05, 0.1) is 32.8 Å². The summed E-state index contributed by atoms with van der Waals surface area (Å²) < 4.78 is 22.3. The van der Waals surface area contributed by atoms with Crippen molar-refractivity contribution in [3.05, 3.63) is 23.5 Å². The molecule has 0 saturated carbocycles. The molecule has 1 aromatic heterocycles. The highest BCUT2D eigenvalue weighted by atomic mass is 16.5. The fraction of sp³-hybridized carbons (Fsp3) is 0.368. The fourth-order valence-corrected chi connectivity index (χ4v) is 3.13. The maximum Gasteiger partial charge on any atom is 0.289 e. The van der Waals surface area contributed by atoms with Gasteiger partial charge in [0.15, 0.2) is 17.1 Å². The molecule has 1 aromatic carbocycles. The third-order valence-electron chi connectivity index (χ3n) is 4.31. The van der Waals surface area contributed by atoms with E-state index in [-0.39, 0.29) is 11.7 Å². The van der Waals surface area contributed by atoms with Gasteiger partial charge in [0, 0.05) is 24.7 Å². The summed E-state index contributed by atoms with van der Waals surface area (Å²) in [5.74, 6) is 1.02. The minimum absolute atomic E-state index is 0.186. The predicted molar refractivity (Wildman–Crippen MR) is 100.0 cm³/mol. The van der Waals surface area contributed by atoms with E-state index in [1.165, 1.54) is 7.11 Å². The van der Waals surface area contributed by atoms with E-state index in [0.29, 0.717) is 54.5 Å². The Morgan fingerprint density at radius 3 is 2.54 bits per heavy atom. The lowest BCUT2D eigenvalue weighted by Crippen LogP contribution is -2.40. The average Bonchev–Trinajstić information content (AvgIpc) is 3.12. The molecule has 0 atom stereocenters. The lowest BCUT2D eigenvalue weighted by atomic mass is 10.1. The highest BCUT2D eigenvalue weighted by molar-refractivity contribution is 6.04. The number of rotatable bonds is 5. The number of hydrogen-bond donors (Lipinski definition) is 0. The number of benzene rings is 1. The zero-order chi connectivity index (χ0) is 18.7. The number of furan rings is 1. The summed E-state index contributed by atoms with van der Waals surface area (Å²) in [6, 6.07) is 1.69. The molecule has 0 unspecified atom stereocenters. The minimum atomic E-state index is -0.186. The molecular weight excluding hydrogens is 336 g/mol. The summed E-state index contributed by atoms with van der Waals surface area (Å²) in [5.41, 5.74) is 1.65. The Balaban J connectivity index is 2.21. The van der Waals surface area contributed by atoms with E-state index < -0.39 is 0 Å². The van der Waals surface area contributed by atoms with E-state index in [1.807, 2.05) is 19.1 Å². The second kappa shape index (κ2) is 7.61. The van der Waals surface area contributed by atoms with Crippen LogP contribution in [-0.4, -0.2) is 58.0 Å². The molecule has 1 saturated heterocycles. The second-order valence-electron chi connectivity index (χ2n) is 5.74. The topological polar surface area (TPSA) is 73.5 Å². The maximum atomic E-state index is 12.8. The first kappa shape index (κ1) is 18.0. The molecule has 1 fully saturated rings. The van der Waals surface area contributed by atoms with Crippen LogP contribution in [0.2, 0.25) is 0 Å². The van der Waals surface area contributed by atoms with Crippen molar-refractivity contribution < 1.29 is 23.4 Å². The number of aliphatic imine (C=N–C) groups is 1. The van der Waals surface area contributed by atoms with Crippen molar-refractivity contribution in [2.24, 2.45) is 4.99 Å². The smallest absolute Gasteiger partial charge is 0.289 e. The molecule has 0 N–H and O–H groups in total. The fourth-order valence-electron chi connectivity index (χ4n) is 3.13. The van der Waals surface area contributed by atoms with E-state index in [0.717, 1.165) is 5.56 Å². The van der Waals surface area contributed by atoms with Crippen LogP contribution >= 0.6 is 0 Å². The SMILES string of the molecule is C=Nc1c(/C=C\C)c(OC)c2cc(C(=O)N3CCOCC3)oc2c1OC. The monoisotopic (exact) mass is 358 g/mol. The van der Waals surface area contributed by atoms with E-state index in [9.17, 15) is 4.79 Å². The van der Waals surface area contributed by atoms with Crippen molar-refractivity contribution in [1.82, 2.24) is 4.90 Å². The highest BCUT2D eigenvalue weighted by Gasteiger charge is 2.27. The lowest BCUT2D eigenvalue weighted by Gasteiger charge is -2.25. The number of carbonyl (C=O) groups excluding carboxylic acids is 1. The number of ether oxygens (including phenoxy) is 3. The molecule has 0 spiro atoms. The molecule has 2 aromatic rings. The Bertz CT molecular complexity index is 863. The van der Waals surface area contributed by atoms with Gasteiger partial charge in [0.25, 0.3) is 5.91 Å². The summed E-state index contributed by atoms with van der Waals surface area (Å²) >= 11 is 0. The molecule has 0 aliphatic carbocycles. The van der Waals surface area contributed by atoms with Gasteiger partial charge in [-0.1, -0.05) is 12.2 Å². The number of methoxy groups -OCH3 is 2. The van der Waals surface area contributed by atoms with Gasteiger partial charge in [-0.25, -0.2) is 0 Å². The van der Waals surface area contributed by atoms with Crippen LogP contribution in [-0.2, 0) is 4.74 Å². The number of amides is 1. The quantitative estimate of drug-likeness (QED) is 0.767. The second-order valence-corrected chi connectivity index (χ2v) is 5.74. The summed E-state index contributed by atoms with van der Waals surface area (Å²) in [7, 11) is 3.10. The molecule has 7 nitrogen and oxygen atoms in total. The molecule has 0 bridgehead atoms. The molecule has 1 aliphatic rings. The minimum Gasteiger partial charge on any atom is -0.495 e. The number of morpholine rings is 1. The molecule has 7 heteroatoms. The molecule has 138 valence electrons. The van der Waals surface area contributed by atoms with Crippen molar-refractivity contribution in [3.8, 4) is 11.5 Å². The van der Waals surface area contributed by atoms with Gasteiger partial charge in [-0.05, 0) is 13.6 Å². The van der Waals surface area contributed by atoms with Crippen LogP contribution in [0.3, 0.4) is 0 Å². The van der Waals surface area contributed by atoms with E-state index in [4.69, 9.17) is 18.6 Å². The zero-order valence-electron chi connectivity index (χ0n) is 15.2. The van der Waals surface area contributed by atoms with E-state index in [1.54, 1.807) is 18.1 Å². The van der Waals surface area contributed by atoms with Crippen LogP contribution in [0.25, 0.3) is 17.0 Å². The van der Waals surface area contributed by atoms with Gasteiger partial charge in [-0.2, -0.15) is 0 Å². The molecule has 3 rings (SSSR count). The number of allylic oxidation sites excluding steroid dienone is 1. The Morgan fingerprint density at radius 1 is 1.27 bits per heavy atom. The normalized spacial score (nSPS) is 14.8. The Hall–Kier alpha value is -2.80. The molecule has 0 radical (unpaired) electrons. The van der Waals surface area contributed by atoms with Crippen LogP contribution in [0.1, 0.15) is 23.0 Å². The molecule has 26 heavy (non-hydrogen) atoms. The average molecular weight is 358 g/mol. The highest BCUT2D eigenvalue weighted by Crippen LogP contribution is 2.47. The van der Waals surface area contributed by atoms with Crippen LogP contribution in [0.4, 0.5) is 5.69 Å². The summed E-state index contributed by atoms with van der Waals surface area (Å²) in [6.07, 6.45) is 3.74. The van der Waals surface area contributed by atoms with Gasteiger partial charge < -0.3 is 23.5 Å². The van der Waals surface area contributed by atoms with Gasteiger partial charge >= 0.3 is 0 Å². The third-order valence-corrected chi connectivity index (χ3v) is 4.31. The largest absolute Gasteiger partial charge is 0.495 e. The first-order chi connectivity index (χ1) is 12.7. The predicted octanol–water partition coefficient (Wildman–Crippen LogP) is 3.29. The zero-order valence-corrected chi connectivity index (χ0v) is 15.2. The number of fused-ring (bicyclic) bond motifs is 1. The van der Waals surface area contributed by atoms with Gasteiger partial charge in [-0.15, -0.1) is 0 Å². The lowest BCUT2D eigenvalue weighted by molar-refractivity contribution is 0.0284. The number of carbonyl (C=O) groups is 1. The van der Waals surface area contributed by atoms with Crippen LogP contribution < -0.4 is 9.47 Å². The van der Waals surface area contributed by atoms with Gasteiger partial charge in [-0.3, -0.25) is 9.79 Å². The van der Waals surface area contributed by atoms with Crippen molar-refractivity contribution in [2.45, 2.75) is 6.92 Å². The van der Waals surface area contributed by atoms with Crippen LogP contribution in [0, 0.1) is 0 Å². The number of nitrogens with zero attached hydrogens (tertiary/aromatic N) is 2. The van der Waals surface area contributed by atoms with Crippen LogP contribution in [0.5, 0.6) is 11.5 Å². The Labute approximate surface area is 151 Å². The Kier molecular flexibility index (Phi) is 5.27. The third kappa shape index (κ3) is 2.94. The maximum absolute atomic E-state index is 12.8. The number of hydrogen-bond acceptors (Lipinski definition) is 6. The summed E-state index contributed by atoms with van der Waals surface area (Å²) in [6.45, 7) is 7.64. The standard InChI is InChI=1S/C19H22N2O5/c1-5-6-12-15(20-2)18(24-4)17-13(16(12)23-3)11-14(26-17)19(22)21-7-9-25-10-8-21/h5-6,11H,2,7-10H2,1,3-4H3/b6-5-. The summed E-state index contributed by atoms with van der Waals surface area (Å²) in [4.78, 5) is 18.6.